The standard InChI is InChI=1S/C15H16N2O4/c1-9-7-11(3-5-13(9)17-10(2)18)16-8-12-4-6-14(21-12)15(19)20/h3-7,16H,8H2,1-2H3,(H,17,18)(H,19,20). The van der Waals surface area contributed by atoms with Gasteiger partial charge in [-0.3, -0.25) is 4.79 Å². The lowest BCUT2D eigenvalue weighted by Crippen LogP contribution is -2.07. The Bertz CT molecular complexity index is 676. The fourth-order valence-electron chi connectivity index (χ4n) is 1.88. The molecule has 0 atom stereocenters. The lowest BCUT2D eigenvalue weighted by Gasteiger charge is -2.10. The highest BCUT2D eigenvalue weighted by Gasteiger charge is 2.08. The second-order valence-corrected chi connectivity index (χ2v) is 4.64. The van der Waals surface area contributed by atoms with E-state index in [4.69, 9.17) is 9.52 Å². The number of hydrogen-bond acceptors (Lipinski definition) is 4. The number of aryl methyl sites for hydroxylation is 1. The van der Waals surface area contributed by atoms with E-state index in [2.05, 4.69) is 10.6 Å². The smallest absolute Gasteiger partial charge is 0.371 e. The molecule has 0 aliphatic heterocycles. The van der Waals surface area contributed by atoms with E-state index in [9.17, 15) is 9.59 Å². The average Bonchev–Trinajstić information content (AvgIpc) is 2.88. The Morgan fingerprint density at radius 3 is 2.57 bits per heavy atom. The van der Waals surface area contributed by atoms with Gasteiger partial charge in [0.1, 0.15) is 5.76 Å². The zero-order valence-electron chi connectivity index (χ0n) is 11.8. The molecule has 0 fully saturated rings. The summed E-state index contributed by atoms with van der Waals surface area (Å²) in [7, 11) is 0. The van der Waals surface area contributed by atoms with Crippen LogP contribution in [0.15, 0.2) is 34.7 Å². The van der Waals surface area contributed by atoms with Crippen LogP contribution in [0.25, 0.3) is 0 Å². The number of carbonyl (C=O) groups is 2. The van der Waals surface area contributed by atoms with Crippen molar-refractivity contribution in [1.82, 2.24) is 0 Å². The molecule has 0 radical (unpaired) electrons. The molecule has 0 unspecified atom stereocenters. The zero-order valence-corrected chi connectivity index (χ0v) is 11.8. The van der Waals surface area contributed by atoms with Crippen LogP contribution in [0.4, 0.5) is 11.4 Å². The molecule has 1 amide bonds. The summed E-state index contributed by atoms with van der Waals surface area (Å²) >= 11 is 0. The molecule has 2 aromatic rings. The van der Waals surface area contributed by atoms with Gasteiger partial charge in [-0.1, -0.05) is 0 Å². The van der Waals surface area contributed by atoms with Gasteiger partial charge in [-0.25, -0.2) is 4.79 Å². The van der Waals surface area contributed by atoms with E-state index >= 15 is 0 Å². The third kappa shape index (κ3) is 3.85. The molecule has 0 spiro atoms. The number of hydrogen-bond donors (Lipinski definition) is 3. The molecule has 1 aromatic carbocycles. The maximum atomic E-state index is 11.0. The van der Waals surface area contributed by atoms with Crippen LogP contribution in [-0.4, -0.2) is 17.0 Å². The molecule has 110 valence electrons. The van der Waals surface area contributed by atoms with Crippen molar-refractivity contribution in [1.29, 1.82) is 0 Å². The van der Waals surface area contributed by atoms with E-state index < -0.39 is 5.97 Å². The third-order valence-electron chi connectivity index (χ3n) is 2.88. The van der Waals surface area contributed by atoms with Crippen molar-refractivity contribution in [2.45, 2.75) is 20.4 Å². The van der Waals surface area contributed by atoms with Gasteiger partial charge in [-0.05, 0) is 42.8 Å². The van der Waals surface area contributed by atoms with E-state index in [1.54, 1.807) is 6.07 Å². The minimum Gasteiger partial charge on any atom is -0.475 e. The molecular formula is C15H16N2O4. The maximum Gasteiger partial charge on any atom is 0.371 e. The van der Waals surface area contributed by atoms with Crippen LogP contribution in [0.5, 0.6) is 0 Å². The van der Waals surface area contributed by atoms with Crippen molar-refractivity contribution in [3.8, 4) is 0 Å². The first kappa shape index (κ1) is 14.6. The third-order valence-corrected chi connectivity index (χ3v) is 2.88. The Kier molecular flexibility index (Phi) is 4.27. The van der Waals surface area contributed by atoms with Gasteiger partial charge in [0.05, 0.1) is 6.54 Å². The van der Waals surface area contributed by atoms with Gasteiger partial charge in [0.25, 0.3) is 0 Å². The number of rotatable bonds is 5. The molecule has 0 bridgehead atoms. The summed E-state index contributed by atoms with van der Waals surface area (Å²) in [5.74, 6) is -0.743. The SMILES string of the molecule is CC(=O)Nc1ccc(NCc2ccc(C(=O)O)o2)cc1C. The van der Waals surface area contributed by atoms with E-state index in [1.807, 2.05) is 25.1 Å². The highest BCUT2D eigenvalue weighted by atomic mass is 16.4. The molecule has 3 N–H and O–H groups in total. The van der Waals surface area contributed by atoms with E-state index in [1.165, 1.54) is 13.0 Å². The first-order chi connectivity index (χ1) is 9.95. The van der Waals surface area contributed by atoms with Crippen molar-refractivity contribution in [3.63, 3.8) is 0 Å². The van der Waals surface area contributed by atoms with Crippen molar-refractivity contribution >= 4 is 23.3 Å². The Labute approximate surface area is 121 Å². The zero-order chi connectivity index (χ0) is 15.4. The minimum atomic E-state index is -1.09. The van der Waals surface area contributed by atoms with Gasteiger partial charge in [0.2, 0.25) is 11.7 Å². The fourth-order valence-corrected chi connectivity index (χ4v) is 1.88. The number of amides is 1. The van der Waals surface area contributed by atoms with Gasteiger partial charge in [-0.15, -0.1) is 0 Å². The predicted octanol–water partition coefficient (Wildman–Crippen LogP) is 2.86. The number of carbonyl (C=O) groups excluding carboxylic acids is 1. The maximum absolute atomic E-state index is 11.0. The lowest BCUT2D eigenvalue weighted by atomic mass is 10.1. The average molecular weight is 288 g/mol. The van der Waals surface area contributed by atoms with Crippen LogP contribution in [0.1, 0.15) is 28.8 Å². The largest absolute Gasteiger partial charge is 0.475 e. The number of benzene rings is 1. The molecule has 0 saturated carbocycles. The number of nitrogens with one attached hydrogen (secondary N) is 2. The topological polar surface area (TPSA) is 91.6 Å². The van der Waals surface area contributed by atoms with E-state index in [-0.39, 0.29) is 11.7 Å². The molecule has 1 heterocycles. The molecule has 1 aromatic heterocycles. The van der Waals surface area contributed by atoms with Crippen molar-refractivity contribution in [2.24, 2.45) is 0 Å². The molecule has 6 nitrogen and oxygen atoms in total. The first-order valence-electron chi connectivity index (χ1n) is 6.40. The Morgan fingerprint density at radius 1 is 1.24 bits per heavy atom. The summed E-state index contributed by atoms with van der Waals surface area (Å²) in [5, 5.41) is 14.6. The quantitative estimate of drug-likeness (QED) is 0.787. The van der Waals surface area contributed by atoms with E-state index in [0.29, 0.717) is 12.3 Å². The van der Waals surface area contributed by atoms with Gasteiger partial charge < -0.3 is 20.2 Å². The molecule has 0 aliphatic rings. The van der Waals surface area contributed by atoms with Crippen LogP contribution < -0.4 is 10.6 Å². The van der Waals surface area contributed by atoms with Crippen molar-refractivity contribution in [3.05, 3.63) is 47.4 Å². The number of carboxylic acid groups (broad SMARTS) is 1. The number of anilines is 2. The Morgan fingerprint density at radius 2 is 2.00 bits per heavy atom. The monoisotopic (exact) mass is 288 g/mol. The van der Waals surface area contributed by atoms with Crippen LogP contribution in [0, 0.1) is 6.92 Å². The van der Waals surface area contributed by atoms with Gasteiger partial charge in [-0.2, -0.15) is 0 Å². The van der Waals surface area contributed by atoms with Crippen LogP contribution >= 0.6 is 0 Å². The van der Waals surface area contributed by atoms with E-state index in [0.717, 1.165) is 16.9 Å². The Hall–Kier alpha value is -2.76. The van der Waals surface area contributed by atoms with Crippen LogP contribution in [-0.2, 0) is 11.3 Å². The summed E-state index contributed by atoms with van der Waals surface area (Å²) in [6.07, 6.45) is 0. The molecule has 0 aliphatic carbocycles. The summed E-state index contributed by atoms with van der Waals surface area (Å²) in [4.78, 5) is 21.7. The second-order valence-electron chi connectivity index (χ2n) is 4.64. The van der Waals surface area contributed by atoms with Crippen LogP contribution in [0.2, 0.25) is 0 Å². The van der Waals surface area contributed by atoms with Crippen LogP contribution in [0.3, 0.4) is 0 Å². The number of carboxylic acids is 1. The second kappa shape index (κ2) is 6.13. The molecule has 2 rings (SSSR count). The summed E-state index contributed by atoms with van der Waals surface area (Å²) < 4.78 is 5.15. The highest BCUT2D eigenvalue weighted by Crippen LogP contribution is 2.20. The normalized spacial score (nSPS) is 10.2. The number of furan rings is 1. The fraction of sp³-hybridized carbons (Fsp3) is 0.200. The molecule has 6 heteroatoms. The first-order valence-corrected chi connectivity index (χ1v) is 6.40. The predicted molar refractivity (Wildman–Crippen MR) is 78.5 cm³/mol. The summed E-state index contributed by atoms with van der Waals surface area (Å²) in [5.41, 5.74) is 2.55. The van der Waals surface area contributed by atoms with Gasteiger partial charge in [0.15, 0.2) is 0 Å². The van der Waals surface area contributed by atoms with Gasteiger partial charge in [0, 0.05) is 18.3 Å². The van der Waals surface area contributed by atoms with Crippen molar-refractivity contribution < 1.29 is 19.1 Å². The summed E-state index contributed by atoms with van der Waals surface area (Å²) in [6.45, 7) is 3.74. The molecule has 21 heavy (non-hydrogen) atoms. The van der Waals surface area contributed by atoms with Gasteiger partial charge >= 0.3 is 5.97 Å². The molecular weight excluding hydrogens is 272 g/mol. The molecule has 0 saturated heterocycles. The highest BCUT2D eigenvalue weighted by molar-refractivity contribution is 5.89. The lowest BCUT2D eigenvalue weighted by molar-refractivity contribution is -0.114. The summed E-state index contributed by atoms with van der Waals surface area (Å²) in [6, 6.07) is 8.58. The van der Waals surface area contributed by atoms with Crippen molar-refractivity contribution in [2.75, 3.05) is 10.6 Å². The number of aromatic carboxylic acids is 1. The Balaban J connectivity index is 2.01. The minimum absolute atomic E-state index is 0.0796.